The Hall–Kier alpha value is -2.73. The molecule has 0 aliphatic heterocycles. The van der Waals surface area contributed by atoms with Gasteiger partial charge in [0.1, 0.15) is 11.3 Å². The molecule has 2 aromatic carbocycles. The number of phenols is 1. The maximum Gasteiger partial charge on any atom is 0.341 e. The number of benzene rings is 2. The Morgan fingerprint density at radius 3 is 2.36 bits per heavy atom. The van der Waals surface area contributed by atoms with E-state index in [-0.39, 0.29) is 17.0 Å². The molecule has 1 amide bonds. The molecular weight excluding hydrogens is 346 g/mol. The van der Waals surface area contributed by atoms with Crippen LogP contribution in [-0.2, 0) is 9.53 Å². The van der Waals surface area contributed by atoms with Crippen molar-refractivity contribution in [2.45, 2.75) is 19.4 Å². The summed E-state index contributed by atoms with van der Waals surface area (Å²) in [6.07, 6.45) is 0. The highest BCUT2D eigenvalue weighted by Gasteiger charge is 2.31. The first-order valence-electron chi connectivity index (χ1n) is 7.41. The molecule has 132 valence electrons. The highest BCUT2D eigenvalue weighted by atomic mass is 35.5. The largest absolute Gasteiger partial charge is 0.505 e. The first-order chi connectivity index (χ1) is 11.7. The van der Waals surface area contributed by atoms with Gasteiger partial charge >= 0.3 is 5.97 Å². The van der Waals surface area contributed by atoms with E-state index in [0.717, 1.165) is 0 Å². The third kappa shape index (κ3) is 4.42. The number of aromatic hydroxyl groups is 1. The van der Waals surface area contributed by atoms with Gasteiger partial charge in [-0.1, -0.05) is 17.7 Å². The number of carbonyl (C=O) groups excluding carboxylic acids is 2. The van der Waals surface area contributed by atoms with E-state index in [2.05, 4.69) is 10.1 Å². The van der Waals surface area contributed by atoms with Gasteiger partial charge in [-0.2, -0.15) is 0 Å². The highest BCUT2D eigenvalue weighted by Crippen LogP contribution is 2.29. The summed E-state index contributed by atoms with van der Waals surface area (Å²) in [5.74, 6) is -1.10. The Morgan fingerprint density at radius 1 is 1.12 bits per heavy atom. The van der Waals surface area contributed by atoms with Gasteiger partial charge in [-0.05, 0) is 50.2 Å². The molecule has 6 nitrogen and oxygen atoms in total. The van der Waals surface area contributed by atoms with E-state index in [1.807, 2.05) is 0 Å². The number of esters is 1. The zero-order valence-corrected chi connectivity index (χ0v) is 14.8. The number of methoxy groups -OCH3 is 1. The standard InChI is InChI=1S/C18H18ClNO5/c1-18(2,25-12-9-7-11(19)8-10-12)17(23)20-14-6-4-5-13(15(14)21)16(22)24-3/h4-10,21H,1-3H3,(H,20,23). The van der Waals surface area contributed by atoms with Crippen molar-refractivity contribution in [2.24, 2.45) is 0 Å². The monoisotopic (exact) mass is 363 g/mol. The lowest BCUT2D eigenvalue weighted by atomic mass is 10.1. The molecule has 2 aromatic rings. The molecular formula is C18H18ClNO5. The number of hydrogen-bond donors (Lipinski definition) is 2. The summed E-state index contributed by atoms with van der Waals surface area (Å²) in [7, 11) is 1.20. The van der Waals surface area contributed by atoms with Gasteiger partial charge in [0, 0.05) is 5.02 Å². The molecule has 0 heterocycles. The number of para-hydroxylation sites is 1. The van der Waals surface area contributed by atoms with Crippen molar-refractivity contribution >= 4 is 29.2 Å². The molecule has 0 bridgehead atoms. The number of phenolic OH excluding ortho intramolecular Hbond substituents is 1. The van der Waals surface area contributed by atoms with Gasteiger partial charge in [-0.3, -0.25) is 4.79 Å². The maximum absolute atomic E-state index is 12.5. The van der Waals surface area contributed by atoms with Crippen LogP contribution in [0.1, 0.15) is 24.2 Å². The first-order valence-corrected chi connectivity index (χ1v) is 7.78. The predicted octanol–water partition coefficient (Wildman–Crippen LogP) is 3.63. The van der Waals surface area contributed by atoms with Crippen LogP contribution < -0.4 is 10.1 Å². The minimum absolute atomic E-state index is 0.0447. The van der Waals surface area contributed by atoms with Crippen LogP contribution in [0.15, 0.2) is 42.5 Å². The number of amides is 1. The molecule has 0 unspecified atom stereocenters. The number of ether oxygens (including phenoxy) is 2. The second kappa shape index (κ2) is 7.44. The van der Waals surface area contributed by atoms with Crippen molar-refractivity contribution in [3.8, 4) is 11.5 Å². The van der Waals surface area contributed by atoms with E-state index in [4.69, 9.17) is 16.3 Å². The Bertz CT molecular complexity index is 787. The fourth-order valence-electron chi connectivity index (χ4n) is 2.04. The summed E-state index contributed by atoms with van der Waals surface area (Å²) >= 11 is 5.82. The van der Waals surface area contributed by atoms with Crippen molar-refractivity contribution in [1.82, 2.24) is 0 Å². The third-order valence-corrected chi connectivity index (χ3v) is 3.67. The molecule has 2 rings (SSSR count). The molecule has 2 N–H and O–H groups in total. The van der Waals surface area contributed by atoms with E-state index in [9.17, 15) is 14.7 Å². The van der Waals surface area contributed by atoms with Crippen LogP contribution in [0.25, 0.3) is 0 Å². The summed E-state index contributed by atoms with van der Waals surface area (Å²) in [5.41, 5.74) is -1.20. The fraction of sp³-hybridized carbons (Fsp3) is 0.222. The first kappa shape index (κ1) is 18.6. The minimum atomic E-state index is -1.23. The summed E-state index contributed by atoms with van der Waals surface area (Å²) in [5, 5.41) is 13.3. The van der Waals surface area contributed by atoms with E-state index in [0.29, 0.717) is 10.8 Å². The third-order valence-electron chi connectivity index (χ3n) is 3.42. The molecule has 0 spiro atoms. The minimum Gasteiger partial charge on any atom is -0.505 e. The van der Waals surface area contributed by atoms with Crippen LogP contribution in [0.5, 0.6) is 11.5 Å². The normalized spacial score (nSPS) is 10.9. The lowest BCUT2D eigenvalue weighted by Gasteiger charge is -2.25. The zero-order chi connectivity index (χ0) is 18.6. The Labute approximate surface area is 150 Å². The summed E-state index contributed by atoms with van der Waals surface area (Å²) < 4.78 is 10.3. The number of anilines is 1. The highest BCUT2D eigenvalue weighted by molar-refractivity contribution is 6.30. The van der Waals surface area contributed by atoms with Crippen molar-refractivity contribution in [1.29, 1.82) is 0 Å². The molecule has 7 heteroatoms. The van der Waals surface area contributed by atoms with Gasteiger partial charge in [0.2, 0.25) is 0 Å². The predicted molar refractivity (Wildman–Crippen MR) is 94.2 cm³/mol. The molecule has 0 aliphatic rings. The number of rotatable bonds is 5. The fourth-order valence-corrected chi connectivity index (χ4v) is 2.16. The van der Waals surface area contributed by atoms with E-state index >= 15 is 0 Å². The van der Waals surface area contributed by atoms with Crippen LogP contribution in [-0.4, -0.2) is 29.7 Å². The lowest BCUT2D eigenvalue weighted by molar-refractivity contribution is -0.128. The summed E-state index contributed by atoms with van der Waals surface area (Å²) in [6.45, 7) is 3.16. The van der Waals surface area contributed by atoms with E-state index in [1.54, 1.807) is 38.1 Å². The molecule has 0 radical (unpaired) electrons. The summed E-state index contributed by atoms with van der Waals surface area (Å²) in [4.78, 5) is 24.1. The van der Waals surface area contributed by atoms with Gasteiger partial charge in [0.25, 0.3) is 5.91 Å². The Kier molecular flexibility index (Phi) is 5.54. The van der Waals surface area contributed by atoms with Crippen molar-refractivity contribution in [2.75, 3.05) is 12.4 Å². The van der Waals surface area contributed by atoms with Crippen molar-refractivity contribution in [3.05, 3.63) is 53.1 Å². The average molecular weight is 364 g/mol. The molecule has 0 aromatic heterocycles. The second-order valence-corrected chi connectivity index (χ2v) is 6.15. The zero-order valence-electron chi connectivity index (χ0n) is 14.0. The smallest absolute Gasteiger partial charge is 0.341 e. The number of halogens is 1. The van der Waals surface area contributed by atoms with Crippen molar-refractivity contribution in [3.63, 3.8) is 0 Å². The molecule has 0 aliphatic carbocycles. The van der Waals surface area contributed by atoms with Gasteiger partial charge in [-0.25, -0.2) is 4.79 Å². The van der Waals surface area contributed by atoms with E-state index < -0.39 is 17.5 Å². The average Bonchev–Trinajstić information content (AvgIpc) is 2.58. The van der Waals surface area contributed by atoms with Crippen LogP contribution in [0, 0.1) is 0 Å². The molecule has 0 saturated heterocycles. The molecule has 0 atom stereocenters. The summed E-state index contributed by atoms with van der Waals surface area (Å²) in [6, 6.07) is 11.0. The van der Waals surface area contributed by atoms with Gasteiger partial charge in [-0.15, -0.1) is 0 Å². The van der Waals surface area contributed by atoms with Gasteiger partial charge in [0.05, 0.1) is 12.8 Å². The van der Waals surface area contributed by atoms with Gasteiger partial charge < -0.3 is 19.9 Å². The number of hydrogen-bond acceptors (Lipinski definition) is 5. The SMILES string of the molecule is COC(=O)c1cccc(NC(=O)C(C)(C)Oc2ccc(Cl)cc2)c1O. The topological polar surface area (TPSA) is 84.9 Å². The van der Waals surface area contributed by atoms with Crippen molar-refractivity contribution < 1.29 is 24.2 Å². The molecule has 25 heavy (non-hydrogen) atoms. The Balaban J connectivity index is 2.18. The van der Waals surface area contributed by atoms with Crippen LogP contribution in [0.3, 0.4) is 0 Å². The van der Waals surface area contributed by atoms with Crippen LogP contribution in [0.2, 0.25) is 5.02 Å². The number of carbonyl (C=O) groups is 2. The lowest BCUT2D eigenvalue weighted by Crippen LogP contribution is -2.42. The molecule has 0 fully saturated rings. The van der Waals surface area contributed by atoms with E-state index in [1.165, 1.54) is 25.3 Å². The van der Waals surface area contributed by atoms with Crippen LogP contribution >= 0.6 is 11.6 Å². The molecule has 0 saturated carbocycles. The quantitative estimate of drug-likeness (QED) is 0.626. The van der Waals surface area contributed by atoms with Crippen LogP contribution in [0.4, 0.5) is 5.69 Å². The number of nitrogens with one attached hydrogen (secondary N) is 1. The van der Waals surface area contributed by atoms with Gasteiger partial charge in [0.15, 0.2) is 11.4 Å². The second-order valence-electron chi connectivity index (χ2n) is 5.71. The Morgan fingerprint density at radius 2 is 1.76 bits per heavy atom. The maximum atomic E-state index is 12.5.